The molecule has 0 saturated heterocycles. The molecule has 0 aromatic rings. The van der Waals surface area contributed by atoms with Crippen molar-refractivity contribution in [2.24, 2.45) is 0 Å². The molecule has 1 N–H and O–H groups in total. The number of carbonyl (C=O) groups is 2. The Hall–Kier alpha value is -0.860. The molecule has 0 aliphatic rings. The van der Waals surface area contributed by atoms with Crippen molar-refractivity contribution in [3.05, 3.63) is 0 Å². The fraction of sp³-hybridized carbons (Fsp3) is 0.778. The lowest BCUT2D eigenvalue weighted by Gasteiger charge is -2.14. The molecule has 1 atom stereocenters. The Labute approximate surface area is 73.5 Å². The highest BCUT2D eigenvalue weighted by molar-refractivity contribution is 5.76. The van der Waals surface area contributed by atoms with E-state index >= 15 is 0 Å². The molecule has 0 rings (SSSR count). The van der Waals surface area contributed by atoms with E-state index in [4.69, 9.17) is 0 Å². The topological polar surface area (TPSA) is 46.2 Å². The third-order valence-electron chi connectivity index (χ3n) is 1.75. The predicted molar refractivity (Wildman–Crippen MR) is 47.8 cm³/mol. The van der Waals surface area contributed by atoms with Crippen molar-refractivity contribution in [3.8, 4) is 0 Å². The van der Waals surface area contributed by atoms with Crippen LogP contribution in [0.1, 0.15) is 40.0 Å². The largest absolute Gasteiger partial charge is 0.354 e. The molecule has 0 aliphatic carbocycles. The van der Waals surface area contributed by atoms with Crippen molar-refractivity contribution in [3.63, 3.8) is 0 Å². The minimum absolute atomic E-state index is 0.0228. The van der Waals surface area contributed by atoms with E-state index in [0.29, 0.717) is 6.42 Å². The van der Waals surface area contributed by atoms with Crippen LogP contribution in [0.5, 0.6) is 0 Å². The first kappa shape index (κ1) is 11.1. The van der Waals surface area contributed by atoms with Crippen LogP contribution in [0.15, 0.2) is 0 Å². The molecule has 3 nitrogen and oxygen atoms in total. The number of amides is 1. The molecule has 0 spiro atoms. The molecule has 0 aliphatic heterocycles. The molecule has 0 fully saturated rings. The van der Waals surface area contributed by atoms with Crippen LogP contribution in [0, 0.1) is 0 Å². The summed E-state index contributed by atoms with van der Waals surface area (Å²) in [5, 5.41) is 2.79. The van der Waals surface area contributed by atoms with E-state index in [1.807, 2.05) is 6.92 Å². The lowest BCUT2D eigenvalue weighted by Crippen LogP contribution is -2.32. The Morgan fingerprint density at radius 3 is 2.25 bits per heavy atom. The Morgan fingerprint density at radius 2 is 1.92 bits per heavy atom. The van der Waals surface area contributed by atoms with Crippen LogP contribution < -0.4 is 5.32 Å². The van der Waals surface area contributed by atoms with Gasteiger partial charge in [0.2, 0.25) is 5.91 Å². The van der Waals surface area contributed by atoms with Gasteiger partial charge in [-0.05, 0) is 19.8 Å². The van der Waals surface area contributed by atoms with E-state index in [2.05, 4.69) is 5.32 Å². The molecule has 1 amide bonds. The van der Waals surface area contributed by atoms with Crippen molar-refractivity contribution < 1.29 is 9.59 Å². The van der Waals surface area contributed by atoms with Gasteiger partial charge in [0, 0.05) is 19.4 Å². The molecule has 0 saturated carbocycles. The van der Waals surface area contributed by atoms with E-state index in [9.17, 15) is 9.59 Å². The second-order valence-electron chi connectivity index (χ2n) is 3.05. The zero-order chi connectivity index (χ0) is 9.56. The van der Waals surface area contributed by atoms with Gasteiger partial charge in [-0.25, -0.2) is 0 Å². The standard InChI is InChI=1S/C9H17NO2/c1-4-9(10-8(3)12)6-5-7(2)11/h9H,4-6H2,1-3H3,(H,10,12). The summed E-state index contributed by atoms with van der Waals surface area (Å²) in [6.45, 7) is 5.07. The van der Waals surface area contributed by atoms with Gasteiger partial charge < -0.3 is 10.1 Å². The molecule has 0 radical (unpaired) electrons. The zero-order valence-electron chi connectivity index (χ0n) is 8.02. The number of hydrogen-bond acceptors (Lipinski definition) is 2. The number of nitrogens with one attached hydrogen (secondary N) is 1. The molecular weight excluding hydrogens is 154 g/mol. The summed E-state index contributed by atoms with van der Waals surface area (Å²) in [5.41, 5.74) is 0. The minimum atomic E-state index is -0.0228. The molecule has 3 heteroatoms. The van der Waals surface area contributed by atoms with Crippen LogP contribution in [0.4, 0.5) is 0 Å². The molecule has 0 heterocycles. The highest BCUT2D eigenvalue weighted by Crippen LogP contribution is 2.01. The summed E-state index contributed by atoms with van der Waals surface area (Å²) in [7, 11) is 0. The van der Waals surface area contributed by atoms with Gasteiger partial charge in [-0.3, -0.25) is 4.79 Å². The van der Waals surface area contributed by atoms with Gasteiger partial charge in [-0.2, -0.15) is 0 Å². The molecule has 0 aromatic heterocycles. The second-order valence-corrected chi connectivity index (χ2v) is 3.05. The maximum atomic E-state index is 10.7. The average Bonchev–Trinajstić information content (AvgIpc) is 1.97. The summed E-state index contributed by atoms with van der Waals surface area (Å²) >= 11 is 0. The Morgan fingerprint density at radius 1 is 1.33 bits per heavy atom. The second kappa shape index (κ2) is 5.75. The monoisotopic (exact) mass is 171 g/mol. The van der Waals surface area contributed by atoms with Gasteiger partial charge >= 0.3 is 0 Å². The van der Waals surface area contributed by atoms with E-state index in [-0.39, 0.29) is 17.7 Å². The van der Waals surface area contributed by atoms with Gasteiger partial charge in [0.1, 0.15) is 5.78 Å². The third kappa shape index (κ3) is 5.89. The fourth-order valence-electron chi connectivity index (χ4n) is 1.04. The van der Waals surface area contributed by atoms with Crippen LogP contribution in [-0.2, 0) is 9.59 Å². The SMILES string of the molecule is CCC(CCC(C)=O)NC(C)=O. The van der Waals surface area contributed by atoms with Crippen molar-refractivity contribution >= 4 is 11.7 Å². The highest BCUT2D eigenvalue weighted by atomic mass is 16.1. The van der Waals surface area contributed by atoms with E-state index in [1.165, 1.54) is 6.92 Å². The maximum Gasteiger partial charge on any atom is 0.217 e. The van der Waals surface area contributed by atoms with Gasteiger partial charge in [0.25, 0.3) is 0 Å². The third-order valence-corrected chi connectivity index (χ3v) is 1.75. The number of ketones is 1. The Balaban J connectivity index is 3.67. The van der Waals surface area contributed by atoms with Crippen LogP contribution >= 0.6 is 0 Å². The van der Waals surface area contributed by atoms with Crippen LogP contribution in [0.2, 0.25) is 0 Å². The zero-order valence-corrected chi connectivity index (χ0v) is 8.02. The highest BCUT2D eigenvalue weighted by Gasteiger charge is 2.07. The summed E-state index contributed by atoms with van der Waals surface area (Å²) in [5.74, 6) is 0.157. The smallest absolute Gasteiger partial charge is 0.217 e. The first-order valence-electron chi connectivity index (χ1n) is 4.32. The van der Waals surface area contributed by atoms with E-state index in [1.54, 1.807) is 6.92 Å². The summed E-state index contributed by atoms with van der Waals surface area (Å²) in [4.78, 5) is 21.3. The lowest BCUT2D eigenvalue weighted by atomic mass is 10.1. The molecule has 70 valence electrons. The fourth-order valence-corrected chi connectivity index (χ4v) is 1.04. The van der Waals surface area contributed by atoms with Crippen molar-refractivity contribution in [2.45, 2.75) is 46.1 Å². The minimum Gasteiger partial charge on any atom is -0.354 e. The molecular formula is C9H17NO2. The van der Waals surface area contributed by atoms with Crippen molar-refractivity contribution in [1.82, 2.24) is 5.32 Å². The number of rotatable bonds is 5. The summed E-state index contributed by atoms with van der Waals surface area (Å²) in [6, 6.07) is 0.159. The lowest BCUT2D eigenvalue weighted by molar-refractivity contribution is -0.120. The van der Waals surface area contributed by atoms with Crippen LogP contribution in [0.25, 0.3) is 0 Å². The van der Waals surface area contributed by atoms with E-state index < -0.39 is 0 Å². The van der Waals surface area contributed by atoms with Gasteiger partial charge in [0.05, 0.1) is 0 Å². The maximum absolute atomic E-state index is 10.7. The Kier molecular flexibility index (Phi) is 5.34. The summed E-state index contributed by atoms with van der Waals surface area (Å²) in [6.07, 6.45) is 2.19. The van der Waals surface area contributed by atoms with E-state index in [0.717, 1.165) is 12.8 Å². The number of hydrogen-bond donors (Lipinski definition) is 1. The average molecular weight is 171 g/mol. The van der Waals surface area contributed by atoms with Gasteiger partial charge in [-0.1, -0.05) is 6.92 Å². The molecule has 1 unspecified atom stereocenters. The normalized spacial score (nSPS) is 12.2. The molecule has 12 heavy (non-hydrogen) atoms. The van der Waals surface area contributed by atoms with Crippen LogP contribution in [0.3, 0.4) is 0 Å². The quantitative estimate of drug-likeness (QED) is 0.677. The van der Waals surface area contributed by atoms with Crippen molar-refractivity contribution in [1.29, 1.82) is 0 Å². The van der Waals surface area contributed by atoms with Crippen LogP contribution in [-0.4, -0.2) is 17.7 Å². The Bertz CT molecular complexity index is 166. The number of Topliss-reactive ketones (excluding diaryl/α,β-unsaturated/α-hetero) is 1. The first-order valence-corrected chi connectivity index (χ1v) is 4.32. The molecule has 0 bridgehead atoms. The molecule has 0 aromatic carbocycles. The van der Waals surface area contributed by atoms with Gasteiger partial charge in [0.15, 0.2) is 0 Å². The first-order chi connectivity index (χ1) is 5.56. The number of carbonyl (C=O) groups excluding carboxylic acids is 2. The summed E-state index contributed by atoms with van der Waals surface area (Å²) < 4.78 is 0. The van der Waals surface area contributed by atoms with Crippen molar-refractivity contribution in [2.75, 3.05) is 0 Å². The van der Waals surface area contributed by atoms with Gasteiger partial charge in [-0.15, -0.1) is 0 Å². The predicted octanol–water partition coefficient (Wildman–Crippen LogP) is 1.27.